The van der Waals surface area contributed by atoms with Gasteiger partial charge in [0.15, 0.2) is 11.6 Å². The predicted molar refractivity (Wildman–Crippen MR) is 125 cm³/mol. The number of nitrogens with one attached hydrogen (secondary N) is 2. The second-order valence-electron chi connectivity index (χ2n) is 7.08. The SMILES string of the molecule is COc1ccc(CNc2ncnc(NC(c3ccccc3)c3ccccc3)c2N)cc1. The Balaban J connectivity index is 1.55. The molecule has 0 saturated carbocycles. The number of nitrogens with zero attached hydrogens (tertiary/aromatic N) is 2. The average molecular weight is 412 g/mol. The van der Waals surface area contributed by atoms with Gasteiger partial charge in [0.2, 0.25) is 0 Å². The molecule has 0 aliphatic heterocycles. The zero-order chi connectivity index (χ0) is 21.5. The summed E-state index contributed by atoms with van der Waals surface area (Å²) in [6, 6.07) is 28.2. The van der Waals surface area contributed by atoms with E-state index >= 15 is 0 Å². The summed E-state index contributed by atoms with van der Waals surface area (Å²) in [5, 5.41) is 6.80. The van der Waals surface area contributed by atoms with Gasteiger partial charge in [0.05, 0.1) is 13.2 Å². The number of hydrogen-bond donors (Lipinski definition) is 3. The van der Waals surface area contributed by atoms with Crippen molar-refractivity contribution in [3.8, 4) is 5.75 Å². The van der Waals surface area contributed by atoms with Crippen molar-refractivity contribution < 1.29 is 4.74 Å². The first-order valence-corrected chi connectivity index (χ1v) is 10.1. The van der Waals surface area contributed by atoms with Crippen LogP contribution in [0.15, 0.2) is 91.3 Å². The molecule has 1 heterocycles. The first-order valence-electron chi connectivity index (χ1n) is 10.1. The van der Waals surface area contributed by atoms with Crippen molar-refractivity contribution in [3.05, 3.63) is 108 Å². The second-order valence-corrected chi connectivity index (χ2v) is 7.08. The summed E-state index contributed by atoms with van der Waals surface area (Å²) in [4.78, 5) is 8.73. The summed E-state index contributed by atoms with van der Waals surface area (Å²) in [7, 11) is 1.65. The molecule has 0 unspecified atom stereocenters. The molecule has 0 radical (unpaired) electrons. The van der Waals surface area contributed by atoms with Crippen LogP contribution in [-0.2, 0) is 6.54 Å². The van der Waals surface area contributed by atoms with Crippen molar-refractivity contribution in [2.24, 2.45) is 0 Å². The standard InChI is InChI=1S/C25H25N5O/c1-31-21-14-12-18(13-15-21)16-27-24-22(26)25(29-17-28-24)30-23(19-8-4-2-5-9-19)20-10-6-3-7-11-20/h2-15,17,23H,16,26H2,1H3,(H2,27,28,29,30). The van der Waals surface area contributed by atoms with E-state index in [1.54, 1.807) is 7.11 Å². The highest BCUT2D eigenvalue weighted by atomic mass is 16.5. The molecule has 0 fully saturated rings. The minimum absolute atomic E-state index is 0.0889. The molecule has 4 aromatic rings. The fourth-order valence-corrected chi connectivity index (χ4v) is 3.37. The first-order chi connectivity index (χ1) is 15.2. The number of anilines is 3. The van der Waals surface area contributed by atoms with Crippen LogP contribution in [0.25, 0.3) is 0 Å². The zero-order valence-corrected chi connectivity index (χ0v) is 17.3. The van der Waals surface area contributed by atoms with Gasteiger partial charge < -0.3 is 21.1 Å². The highest BCUT2D eigenvalue weighted by Crippen LogP contribution is 2.30. The maximum Gasteiger partial charge on any atom is 0.155 e. The number of nitrogens with two attached hydrogens (primary N) is 1. The molecule has 156 valence electrons. The fraction of sp³-hybridized carbons (Fsp3) is 0.120. The maximum absolute atomic E-state index is 6.43. The Bertz CT molecular complexity index is 1060. The van der Waals surface area contributed by atoms with Crippen molar-refractivity contribution in [2.45, 2.75) is 12.6 Å². The van der Waals surface area contributed by atoms with Gasteiger partial charge in [0.1, 0.15) is 17.8 Å². The lowest BCUT2D eigenvalue weighted by molar-refractivity contribution is 0.414. The fourth-order valence-electron chi connectivity index (χ4n) is 3.37. The minimum atomic E-state index is -0.0889. The number of rotatable bonds is 8. The Morgan fingerprint density at radius 3 is 1.97 bits per heavy atom. The lowest BCUT2D eigenvalue weighted by Gasteiger charge is -2.22. The van der Waals surface area contributed by atoms with E-state index < -0.39 is 0 Å². The molecule has 0 saturated heterocycles. The number of nitrogen functional groups attached to an aromatic ring is 1. The molecule has 0 amide bonds. The van der Waals surface area contributed by atoms with Gasteiger partial charge in [-0.15, -0.1) is 0 Å². The third kappa shape index (κ3) is 4.93. The van der Waals surface area contributed by atoms with E-state index in [1.165, 1.54) is 6.33 Å². The smallest absolute Gasteiger partial charge is 0.155 e. The summed E-state index contributed by atoms with van der Waals surface area (Å²) in [6.07, 6.45) is 1.52. The van der Waals surface area contributed by atoms with Gasteiger partial charge in [-0.05, 0) is 28.8 Å². The molecule has 1 aromatic heterocycles. The number of benzene rings is 3. The molecule has 31 heavy (non-hydrogen) atoms. The molecule has 0 atom stereocenters. The Morgan fingerprint density at radius 1 is 0.806 bits per heavy atom. The molecule has 4 N–H and O–H groups in total. The summed E-state index contributed by atoms with van der Waals surface area (Å²) >= 11 is 0. The molecular weight excluding hydrogens is 386 g/mol. The largest absolute Gasteiger partial charge is 0.497 e. The van der Waals surface area contributed by atoms with Crippen LogP contribution in [0.4, 0.5) is 17.3 Å². The summed E-state index contributed by atoms with van der Waals surface area (Å²) in [6.45, 7) is 0.589. The van der Waals surface area contributed by atoms with Crippen LogP contribution in [0.5, 0.6) is 5.75 Å². The highest BCUT2D eigenvalue weighted by molar-refractivity contribution is 5.74. The molecule has 0 spiro atoms. The number of ether oxygens (including phenoxy) is 1. The van der Waals surface area contributed by atoms with Crippen LogP contribution in [0, 0.1) is 0 Å². The van der Waals surface area contributed by atoms with Crippen LogP contribution < -0.4 is 21.1 Å². The number of aromatic nitrogens is 2. The Labute approximate surface area is 182 Å². The monoisotopic (exact) mass is 411 g/mol. The topological polar surface area (TPSA) is 85.1 Å². The normalized spacial score (nSPS) is 10.6. The van der Waals surface area contributed by atoms with Gasteiger partial charge in [-0.3, -0.25) is 0 Å². The lowest BCUT2D eigenvalue weighted by atomic mass is 9.99. The van der Waals surface area contributed by atoms with E-state index in [2.05, 4.69) is 44.9 Å². The Hall–Kier alpha value is -4.06. The van der Waals surface area contributed by atoms with Gasteiger partial charge in [0, 0.05) is 6.54 Å². The average Bonchev–Trinajstić information content (AvgIpc) is 2.84. The summed E-state index contributed by atoms with van der Waals surface area (Å²) in [5.41, 5.74) is 10.3. The van der Waals surface area contributed by atoms with E-state index in [4.69, 9.17) is 10.5 Å². The van der Waals surface area contributed by atoms with Gasteiger partial charge >= 0.3 is 0 Å². The lowest BCUT2D eigenvalue weighted by Crippen LogP contribution is -2.16. The Kier molecular flexibility index (Phi) is 6.28. The van der Waals surface area contributed by atoms with Gasteiger partial charge in [-0.2, -0.15) is 0 Å². The number of hydrogen-bond acceptors (Lipinski definition) is 6. The van der Waals surface area contributed by atoms with Gasteiger partial charge in [0.25, 0.3) is 0 Å². The highest BCUT2D eigenvalue weighted by Gasteiger charge is 2.17. The number of methoxy groups -OCH3 is 1. The zero-order valence-electron chi connectivity index (χ0n) is 17.3. The van der Waals surface area contributed by atoms with Crippen molar-refractivity contribution in [1.29, 1.82) is 0 Å². The molecule has 0 aliphatic carbocycles. The van der Waals surface area contributed by atoms with Crippen molar-refractivity contribution in [1.82, 2.24) is 9.97 Å². The first kappa shape index (κ1) is 20.2. The third-order valence-electron chi connectivity index (χ3n) is 5.05. The molecule has 6 heteroatoms. The van der Waals surface area contributed by atoms with Crippen molar-refractivity contribution in [3.63, 3.8) is 0 Å². The quantitative estimate of drug-likeness (QED) is 0.383. The predicted octanol–water partition coefficient (Wildman–Crippen LogP) is 4.88. The molecule has 6 nitrogen and oxygen atoms in total. The summed E-state index contributed by atoms with van der Waals surface area (Å²) in [5.74, 6) is 2.00. The van der Waals surface area contributed by atoms with Crippen LogP contribution >= 0.6 is 0 Å². The summed E-state index contributed by atoms with van der Waals surface area (Å²) < 4.78 is 5.21. The van der Waals surface area contributed by atoms with Gasteiger partial charge in [-0.25, -0.2) is 9.97 Å². The molecular formula is C25H25N5O. The maximum atomic E-state index is 6.43. The van der Waals surface area contributed by atoms with Crippen LogP contribution in [-0.4, -0.2) is 17.1 Å². The third-order valence-corrected chi connectivity index (χ3v) is 5.05. The minimum Gasteiger partial charge on any atom is -0.497 e. The van der Waals surface area contributed by atoms with Crippen LogP contribution in [0.2, 0.25) is 0 Å². The van der Waals surface area contributed by atoms with E-state index in [0.29, 0.717) is 23.9 Å². The van der Waals surface area contributed by atoms with E-state index in [-0.39, 0.29) is 6.04 Å². The van der Waals surface area contributed by atoms with E-state index in [9.17, 15) is 0 Å². The molecule has 4 rings (SSSR count). The van der Waals surface area contributed by atoms with Crippen LogP contribution in [0.3, 0.4) is 0 Å². The second kappa shape index (κ2) is 9.63. The molecule has 3 aromatic carbocycles. The Morgan fingerprint density at radius 2 is 1.39 bits per heavy atom. The van der Waals surface area contributed by atoms with Gasteiger partial charge in [-0.1, -0.05) is 72.8 Å². The van der Waals surface area contributed by atoms with E-state index in [1.807, 2.05) is 60.7 Å². The van der Waals surface area contributed by atoms with Crippen LogP contribution in [0.1, 0.15) is 22.7 Å². The molecule has 0 bridgehead atoms. The van der Waals surface area contributed by atoms with E-state index in [0.717, 1.165) is 22.4 Å². The van der Waals surface area contributed by atoms with Crippen molar-refractivity contribution in [2.75, 3.05) is 23.5 Å². The molecule has 0 aliphatic rings. The van der Waals surface area contributed by atoms with Crippen molar-refractivity contribution >= 4 is 17.3 Å².